The van der Waals surface area contributed by atoms with Gasteiger partial charge < -0.3 is 14.7 Å². The summed E-state index contributed by atoms with van der Waals surface area (Å²) in [6, 6.07) is 14.3. The van der Waals surface area contributed by atoms with Crippen LogP contribution in [0.1, 0.15) is 11.1 Å². The number of nitriles is 1. The number of aromatic nitrogens is 3. The van der Waals surface area contributed by atoms with Crippen molar-refractivity contribution < 1.29 is 9.21 Å². The summed E-state index contributed by atoms with van der Waals surface area (Å²) in [6.45, 7) is 1.98. The highest BCUT2D eigenvalue weighted by Crippen LogP contribution is 2.27. The molecule has 0 aliphatic heterocycles. The van der Waals surface area contributed by atoms with Gasteiger partial charge in [-0.15, -0.1) is 0 Å². The standard InChI is InChI=1S/C24H15N5O4S2/c1-12-6-7-16-18(8-12)35-24(26-16)27-19(30)11-34-23-28-20(14(9-25)22(32)29-23)15-10-33-17-5-3-2-4-13(17)21(15)31/h2-8,10H,11H2,1H3,(H,26,27,30)(H,28,29,32). The minimum Gasteiger partial charge on any atom is -0.463 e. The van der Waals surface area contributed by atoms with Crippen LogP contribution in [0.25, 0.3) is 32.4 Å². The number of nitrogens with zero attached hydrogens (tertiary/aromatic N) is 3. The summed E-state index contributed by atoms with van der Waals surface area (Å²) in [5.41, 5.74) is 0.715. The monoisotopic (exact) mass is 501 g/mol. The third-order valence-corrected chi connectivity index (χ3v) is 6.88. The topological polar surface area (TPSA) is 142 Å². The minimum absolute atomic E-state index is 0.0116. The van der Waals surface area contributed by atoms with Gasteiger partial charge in [0.2, 0.25) is 11.3 Å². The molecule has 3 aromatic heterocycles. The van der Waals surface area contributed by atoms with Crippen LogP contribution in [0.5, 0.6) is 0 Å². The Morgan fingerprint density at radius 1 is 1.23 bits per heavy atom. The number of thioether (sulfide) groups is 1. The van der Waals surface area contributed by atoms with Crippen LogP contribution in [0, 0.1) is 18.3 Å². The van der Waals surface area contributed by atoms with Crippen LogP contribution in [-0.4, -0.2) is 26.6 Å². The summed E-state index contributed by atoms with van der Waals surface area (Å²) in [5, 5.41) is 13.1. The largest absolute Gasteiger partial charge is 0.463 e. The van der Waals surface area contributed by atoms with Crippen molar-refractivity contribution in [2.24, 2.45) is 0 Å². The van der Waals surface area contributed by atoms with E-state index in [1.165, 1.54) is 17.6 Å². The van der Waals surface area contributed by atoms with Gasteiger partial charge in [-0.1, -0.05) is 41.3 Å². The Kier molecular flexibility index (Phi) is 5.90. The van der Waals surface area contributed by atoms with E-state index in [0.29, 0.717) is 16.1 Å². The molecule has 0 aliphatic carbocycles. The van der Waals surface area contributed by atoms with Gasteiger partial charge >= 0.3 is 0 Å². The van der Waals surface area contributed by atoms with Crippen molar-refractivity contribution in [1.29, 1.82) is 5.26 Å². The van der Waals surface area contributed by atoms with E-state index in [9.17, 15) is 19.6 Å². The Balaban J connectivity index is 1.40. The maximum atomic E-state index is 13.0. The molecule has 0 aliphatic rings. The average molecular weight is 502 g/mol. The summed E-state index contributed by atoms with van der Waals surface area (Å²) >= 11 is 2.33. The lowest BCUT2D eigenvalue weighted by molar-refractivity contribution is -0.113. The number of nitrogens with one attached hydrogen (secondary N) is 2. The quantitative estimate of drug-likeness (QED) is 0.271. The Bertz CT molecular complexity index is 1780. The molecule has 2 N–H and O–H groups in total. The second-order valence-electron chi connectivity index (χ2n) is 7.51. The maximum Gasteiger partial charge on any atom is 0.270 e. The zero-order valence-electron chi connectivity index (χ0n) is 18.1. The number of fused-ring (bicyclic) bond motifs is 2. The van der Waals surface area contributed by atoms with Crippen molar-refractivity contribution in [3.63, 3.8) is 0 Å². The summed E-state index contributed by atoms with van der Waals surface area (Å²) in [7, 11) is 0. The van der Waals surface area contributed by atoms with Crippen molar-refractivity contribution in [2.45, 2.75) is 12.1 Å². The molecule has 0 unspecified atom stereocenters. The molecular formula is C24H15N5O4S2. The Morgan fingerprint density at radius 2 is 2.06 bits per heavy atom. The highest BCUT2D eigenvalue weighted by molar-refractivity contribution is 7.99. The zero-order valence-corrected chi connectivity index (χ0v) is 19.8. The fraction of sp³-hybridized carbons (Fsp3) is 0.0833. The number of hydrogen-bond acceptors (Lipinski definition) is 9. The number of rotatable bonds is 5. The van der Waals surface area contributed by atoms with E-state index in [1.807, 2.05) is 25.1 Å². The van der Waals surface area contributed by atoms with Crippen LogP contribution in [0.2, 0.25) is 0 Å². The van der Waals surface area contributed by atoms with Crippen LogP contribution in [-0.2, 0) is 4.79 Å². The number of amides is 1. The van der Waals surface area contributed by atoms with Crippen LogP contribution in [0.15, 0.2) is 67.9 Å². The molecule has 0 atom stereocenters. The normalized spacial score (nSPS) is 11.0. The predicted octanol–water partition coefficient (Wildman–Crippen LogP) is 4.06. The van der Waals surface area contributed by atoms with Crippen molar-refractivity contribution in [3.8, 4) is 17.3 Å². The number of aromatic amines is 1. The second-order valence-corrected chi connectivity index (χ2v) is 9.50. The molecule has 5 rings (SSSR count). The number of para-hydroxylation sites is 1. The number of anilines is 1. The molecule has 0 radical (unpaired) electrons. The first-order chi connectivity index (χ1) is 16.9. The molecule has 35 heavy (non-hydrogen) atoms. The first-order valence-electron chi connectivity index (χ1n) is 10.3. The molecule has 172 valence electrons. The van der Waals surface area contributed by atoms with E-state index in [4.69, 9.17) is 4.42 Å². The van der Waals surface area contributed by atoms with Gasteiger partial charge in [-0.2, -0.15) is 5.26 Å². The van der Waals surface area contributed by atoms with Crippen LogP contribution < -0.4 is 16.3 Å². The van der Waals surface area contributed by atoms with Crippen molar-refractivity contribution in [3.05, 3.63) is 80.4 Å². The molecule has 0 saturated heterocycles. The maximum absolute atomic E-state index is 13.0. The number of H-pyrrole nitrogens is 1. The van der Waals surface area contributed by atoms with Gasteiger partial charge in [0.1, 0.15) is 29.2 Å². The highest BCUT2D eigenvalue weighted by Gasteiger charge is 2.19. The van der Waals surface area contributed by atoms with Gasteiger partial charge in [0.25, 0.3) is 5.56 Å². The van der Waals surface area contributed by atoms with Gasteiger partial charge in [0.15, 0.2) is 10.3 Å². The average Bonchev–Trinajstić information content (AvgIpc) is 3.24. The number of thiazole rings is 1. The predicted molar refractivity (Wildman–Crippen MR) is 135 cm³/mol. The minimum atomic E-state index is -0.713. The third kappa shape index (κ3) is 4.44. The lowest BCUT2D eigenvalue weighted by Crippen LogP contribution is -2.19. The number of hydrogen-bond donors (Lipinski definition) is 2. The van der Waals surface area contributed by atoms with Crippen LogP contribution >= 0.6 is 23.1 Å². The number of benzene rings is 2. The number of aryl methyl sites for hydroxylation is 1. The molecule has 1 amide bonds. The SMILES string of the molecule is Cc1ccc2nc(NC(=O)CSc3nc(-c4coc5ccccc5c4=O)c(C#N)c(=O)[nH]3)sc2c1. The summed E-state index contributed by atoms with van der Waals surface area (Å²) in [5.74, 6) is -0.417. The van der Waals surface area contributed by atoms with E-state index in [2.05, 4.69) is 20.3 Å². The fourth-order valence-corrected chi connectivity index (χ4v) is 5.08. The van der Waals surface area contributed by atoms with Crippen LogP contribution in [0.4, 0.5) is 5.13 Å². The van der Waals surface area contributed by atoms with E-state index in [1.54, 1.807) is 30.3 Å². The smallest absolute Gasteiger partial charge is 0.270 e. The van der Waals surface area contributed by atoms with E-state index in [0.717, 1.165) is 27.5 Å². The number of carbonyl (C=O) groups is 1. The Morgan fingerprint density at radius 3 is 2.89 bits per heavy atom. The van der Waals surface area contributed by atoms with E-state index < -0.39 is 11.0 Å². The second kappa shape index (κ2) is 9.17. The lowest BCUT2D eigenvalue weighted by Gasteiger charge is -2.06. The molecule has 2 aromatic carbocycles. The summed E-state index contributed by atoms with van der Waals surface area (Å²) in [4.78, 5) is 49.2. The summed E-state index contributed by atoms with van der Waals surface area (Å²) < 4.78 is 6.48. The first kappa shape index (κ1) is 22.5. The highest BCUT2D eigenvalue weighted by atomic mass is 32.2. The number of carbonyl (C=O) groups excluding carboxylic acids is 1. The Hall–Kier alpha value is -4.27. The van der Waals surface area contributed by atoms with Gasteiger partial charge in [-0.3, -0.25) is 14.4 Å². The first-order valence-corrected chi connectivity index (χ1v) is 12.1. The van der Waals surface area contributed by atoms with Crippen molar-refractivity contribution in [1.82, 2.24) is 15.0 Å². The molecule has 5 aromatic rings. The fourth-order valence-electron chi connectivity index (χ4n) is 3.44. The third-order valence-electron chi connectivity index (χ3n) is 5.07. The van der Waals surface area contributed by atoms with Gasteiger partial charge in [-0.05, 0) is 36.8 Å². The van der Waals surface area contributed by atoms with Crippen molar-refractivity contribution in [2.75, 3.05) is 11.1 Å². The van der Waals surface area contributed by atoms with Crippen LogP contribution in [0.3, 0.4) is 0 Å². The molecule has 0 spiro atoms. The Labute approximate surface area is 205 Å². The molecule has 9 nitrogen and oxygen atoms in total. The van der Waals surface area contributed by atoms with Gasteiger partial charge in [0, 0.05) is 0 Å². The van der Waals surface area contributed by atoms with E-state index in [-0.39, 0.29) is 33.6 Å². The van der Waals surface area contributed by atoms with E-state index >= 15 is 0 Å². The molecule has 0 saturated carbocycles. The molecule has 11 heteroatoms. The molecule has 0 bridgehead atoms. The molecular weight excluding hydrogens is 486 g/mol. The molecule has 3 heterocycles. The summed E-state index contributed by atoms with van der Waals surface area (Å²) in [6.07, 6.45) is 1.18. The molecule has 0 fully saturated rings. The zero-order chi connectivity index (χ0) is 24.5. The van der Waals surface area contributed by atoms with Gasteiger partial charge in [0.05, 0.1) is 26.9 Å². The lowest BCUT2D eigenvalue weighted by atomic mass is 10.1. The van der Waals surface area contributed by atoms with Crippen molar-refractivity contribution >= 4 is 55.3 Å². The van der Waals surface area contributed by atoms with Gasteiger partial charge in [-0.25, -0.2) is 9.97 Å².